The van der Waals surface area contributed by atoms with Crippen LogP contribution in [0.4, 0.5) is 0 Å². The van der Waals surface area contributed by atoms with Crippen LogP contribution in [0.25, 0.3) is 0 Å². The second kappa shape index (κ2) is 8.18. The highest BCUT2D eigenvalue weighted by molar-refractivity contribution is 5.76. The molecule has 0 aromatic heterocycles. The van der Waals surface area contributed by atoms with Crippen molar-refractivity contribution in [1.29, 1.82) is 0 Å². The summed E-state index contributed by atoms with van der Waals surface area (Å²) in [4.78, 5) is 24.7. The van der Waals surface area contributed by atoms with Crippen molar-refractivity contribution in [3.05, 3.63) is 12.2 Å². The maximum absolute atomic E-state index is 13.0. The second-order valence-electron chi connectivity index (χ2n) is 11.0. The van der Waals surface area contributed by atoms with Crippen molar-refractivity contribution in [2.45, 2.75) is 103 Å². The van der Waals surface area contributed by atoms with Crippen LogP contribution in [0.3, 0.4) is 0 Å². The number of ether oxygens (including phenoxy) is 3. The first-order chi connectivity index (χ1) is 14.6. The van der Waals surface area contributed by atoms with E-state index in [1.54, 1.807) is 0 Å². The van der Waals surface area contributed by atoms with Crippen LogP contribution in [-0.2, 0) is 23.8 Å². The number of rotatable bonds is 6. The van der Waals surface area contributed by atoms with E-state index in [0.29, 0.717) is 24.7 Å². The predicted octanol–water partition coefficient (Wildman–Crippen LogP) is 3.80. The standard InChI is InChI=1S/C25H38O6/c1-6-24(4,5)23(28)30-19-11-15(3)22-25(31-22)10-9-14(2)18(21(19)25)8-7-17-12-16(26)13-20(27)29-17/h9-10,14-19,21-22,26H,6-8,11-13H2,1-5H3/t14-,15+,16+,17+,18-,19-,21-,22?,25?/m0/s1. The third-order valence-corrected chi connectivity index (χ3v) is 8.31. The highest BCUT2D eigenvalue weighted by atomic mass is 16.6. The molecule has 2 saturated heterocycles. The molecule has 1 spiro atoms. The number of epoxide rings is 1. The quantitative estimate of drug-likeness (QED) is 0.389. The van der Waals surface area contributed by atoms with Crippen molar-refractivity contribution < 1.29 is 28.9 Å². The molecular formula is C25H38O6. The molecule has 0 aromatic carbocycles. The summed E-state index contributed by atoms with van der Waals surface area (Å²) in [6, 6.07) is 0. The summed E-state index contributed by atoms with van der Waals surface area (Å²) in [5, 5.41) is 9.95. The lowest BCUT2D eigenvalue weighted by atomic mass is 9.60. The van der Waals surface area contributed by atoms with E-state index in [0.717, 1.165) is 19.3 Å². The first kappa shape index (κ1) is 22.8. The van der Waals surface area contributed by atoms with Crippen molar-refractivity contribution in [2.75, 3.05) is 0 Å². The van der Waals surface area contributed by atoms with Gasteiger partial charge in [-0.2, -0.15) is 0 Å². The molecule has 4 aliphatic rings. The summed E-state index contributed by atoms with van der Waals surface area (Å²) in [6.07, 6.45) is 7.30. The second-order valence-corrected chi connectivity index (χ2v) is 11.0. The minimum Gasteiger partial charge on any atom is -0.462 e. The molecule has 2 aliphatic carbocycles. The number of carbonyl (C=O) groups excluding carboxylic acids is 2. The van der Waals surface area contributed by atoms with E-state index in [-0.39, 0.29) is 54.1 Å². The van der Waals surface area contributed by atoms with Crippen molar-refractivity contribution >= 4 is 11.9 Å². The molecule has 2 unspecified atom stereocenters. The van der Waals surface area contributed by atoms with Crippen molar-refractivity contribution in [2.24, 2.45) is 29.1 Å². The molecule has 2 heterocycles. The van der Waals surface area contributed by atoms with E-state index in [4.69, 9.17) is 14.2 Å². The molecule has 9 atom stereocenters. The molecule has 6 heteroatoms. The van der Waals surface area contributed by atoms with Gasteiger partial charge in [0.1, 0.15) is 17.8 Å². The number of allylic oxidation sites excluding steroid dienone is 1. The van der Waals surface area contributed by atoms with Crippen LogP contribution >= 0.6 is 0 Å². The van der Waals surface area contributed by atoms with Gasteiger partial charge in [0, 0.05) is 12.3 Å². The molecule has 0 amide bonds. The van der Waals surface area contributed by atoms with Gasteiger partial charge >= 0.3 is 11.9 Å². The molecule has 174 valence electrons. The highest BCUT2D eigenvalue weighted by Gasteiger charge is 2.70. The third-order valence-electron chi connectivity index (χ3n) is 8.31. The van der Waals surface area contributed by atoms with Gasteiger partial charge in [-0.25, -0.2) is 0 Å². The van der Waals surface area contributed by atoms with Gasteiger partial charge < -0.3 is 19.3 Å². The Labute approximate surface area is 185 Å². The fraction of sp³-hybridized carbons (Fsp3) is 0.840. The van der Waals surface area contributed by atoms with Crippen molar-refractivity contribution in [3.8, 4) is 0 Å². The molecule has 4 rings (SSSR count). The Morgan fingerprint density at radius 1 is 1.29 bits per heavy atom. The smallest absolute Gasteiger partial charge is 0.311 e. The molecule has 3 fully saturated rings. The Balaban J connectivity index is 1.53. The molecule has 0 aromatic rings. The monoisotopic (exact) mass is 434 g/mol. The lowest BCUT2D eigenvalue weighted by Gasteiger charge is -2.45. The number of hydrogen-bond donors (Lipinski definition) is 1. The van der Waals surface area contributed by atoms with Crippen LogP contribution in [-0.4, -0.2) is 47.1 Å². The zero-order chi connectivity index (χ0) is 22.6. The van der Waals surface area contributed by atoms with Gasteiger partial charge in [-0.15, -0.1) is 0 Å². The summed E-state index contributed by atoms with van der Waals surface area (Å²) in [7, 11) is 0. The average Bonchev–Trinajstić information content (AvgIpc) is 3.43. The summed E-state index contributed by atoms with van der Waals surface area (Å²) < 4.78 is 18.0. The molecule has 6 nitrogen and oxygen atoms in total. The topological polar surface area (TPSA) is 85.4 Å². The Hall–Kier alpha value is -1.40. The number of aliphatic hydroxyl groups excluding tert-OH is 1. The minimum atomic E-state index is -0.613. The van der Waals surface area contributed by atoms with Crippen LogP contribution < -0.4 is 0 Å². The Bertz CT molecular complexity index is 744. The van der Waals surface area contributed by atoms with E-state index in [1.807, 2.05) is 20.8 Å². The number of cyclic esters (lactones) is 1. The fourth-order valence-electron chi connectivity index (χ4n) is 5.99. The summed E-state index contributed by atoms with van der Waals surface area (Å²) in [6.45, 7) is 10.3. The van der Waals surface area contributed by atoms with E-state index in [9.17, 15) is 14.7 Å². The summed E-state index contributed by atoms with van der Waals surface area (Å²) in [5.41, 5.74) is -0.839. The van der Waals surface area contributed by atoms with Crippen molar-refractivity contribution in [3.63, 3.8) is 0 Å². The molecular weight excluding hydrogens is 396 g/mol. The number of esters is 2. The molecule has 1 saturated carbocycles. The van der Waals surface area contributed by atoms with Gasteiger partial charge in [-0.1, -0.05) is 32.9 Å². The zero-order valence-corrected chi connectivity index (χ0v) is 19.5. The zero-order valence-electron chi connectivity index (χ0n) is 19.5. The van der Waals surface area contributed by atoms with Gasteiger partial charge in [0.05, 0.1) is 24.0 Å². The van der Waals surface area contributed by atoms with Crippen LogP contribution in [0.2, 0.25) is 0 Å². The number of aliphatic hydroxyl groups is 1. The lowest BCUT2D eigenvalue weighted by Crippen LogP contribution is -2.52. The molecule has 0 radical (unpaired) electrons. The molecule has 0 bridgehead atoms. The van der Waals surface area contributed by atoms with E-state index in [2.05, 4.69) is 26.0 Å². The Morgan fingerprint density at radius 3 is 2.71 bits per heavy atom. The number of carbonyl (C=O) groups is 2. The van der Waals surface area contributed by atoms with Crippen LogP contribution in [0, 0.1) is 29.1 Å². The first-order valence-electron chi connectivity index (χ1n) is 12.0. The maximum atomic E-state index is 13.0. The van der Waals surface area contributed by atoms with Crippen LogP contribution in [0.15, 0.2) is 12.2 Å². The molecule has 31 heavy (non-hydrogen) atoms. The molecule has 2 aliphatic heterocycles. The summed E-state index contributed by atoms with van der Waals surface area (Å²) in [5.74, 6) is 0.581. The highest BCUT2D eigenvalue weighted by Crippen LogP contribution is 2.61. The van der Waals surface area contributed by atoms with Crippen molar-refractivity contribution in [1.82, 2.24) is 0 Å². The van der Waals surface area contributed by atoms with Gasteiger partial charge in [0.25, 0.3) is 0 Å². The third kappa shape index (κ3) is 4.18. The van der Waals surface area contributed by atoms with Crippen LogP contribution in [0.1, 0.15) is 73.1 Å². The van der Waals surface area contributed by atoms with E-state index in [1.165, 1.54) is 0 Å². The minimum absolute atomic E-state index is 0.0868. The Kier molecular flexibility index (Phi) is 6.01. The lowest BCUT2D eigenvalue weighted by molar-refractivity contribution is -0.169. The van der Waals surface area contributed by atoms with Gasteiger partial charge in [0.2, 0.25) is 0 Å². The normalized spacial score (nSPS) is 44.1. The van der Waals surface area contributed by atoms with E-state index >= 15 is 0 Å². The first-order valence-corrected chi connectivity index (χ1v) is 12.0. The largest absolute Gasteiger partial charge is 0.462 e. The van der Waals surface area contributed by atoms with Gasteiger partial charge in [0.15, 0.2) is 0 Å². The van der Waals surface area contributed by atoms with Crippen LogP contribution in [0.5, 0.6) is 0 Å². The number of hydrogen-bond acceptors (Lipinski definition) is 6. The fourth-order valence-corrected chi connectivity index (χ4v) is 5.99. The SMILES string of the molecule is CCC(C)(C)C(=O)O[C@H]1C[C@@H](C)C2OC23C=C[C@H](C)[C@H](CC[C@@H]2C[C@@H](O)CC(=O)O2)[C@@H]13. The average molecular weight is 435 g/mol. The van der Waals surface area contributed by atoms with E-state index < -0.39 is 11.5 Å². The van der Waals surface area contributed by atoms with Gasteiger partial charge in [-0.3, -0.25) is 9.59 Å². The summed E-state index contributed by atoms with van der Waals surface area (Å²) >= 11 is 0. The van der Waals surface area contributed by atoms with Gasteiger partial charge in [-0.05, 0) is 57.3 Å². The maximum Gasteiger partial charge on any atom is 0.311 e. The molecule has 1 N–H and O–H groups in total. The predicted molar refractivity (Wildman–Crippen MR) is 115 cm³/mol. The Morgan fingerprint density at radius 2 is 2.03 bits per heavy atom.